The molecule has 2 unspecified atom stereocenters. The molecule has 1 N–H and O–H groups in total. The van der Waals surface area contributed by atoms with E-state index in [1.807, 2.05) is 0 Å². The van der Waals surface area contributed by atoms with Gasteiger partial charge in [0.2, 0.25) is 0 Å². The van der Waals surface area contributed by atoms with Crippen molar-refractivity contribution in [2.75, 3.05) is 13.2 Å². The molecule has 1 aliphatic rings. The van der Waals surface area contributed by atoms with E-state index >= 15 is 0 Å². The molecule has 118 valence electrons. The minimum atomic E-state index is -0.139. The van der Waals surface area contributed by atoms with Crippen LogP contribution in [-0.4, -0.2) is 19.2 Å². The third-order valence-corrected chi connectivity index (χ3v) is 4.41. The third-order valence-electron chi connectivity index (χ3n) is 4.41. The number of nitrogens with one attached hydrogen (secondary N) is 1. The highest BCUT2D eigenvalue weighted by molar-refractivity contribution is 5.28. The van der Waals surface area contributed by atoms with Gasteiger partial charge in [0.25, 0.3) is 0 Å². The lowest BCUT2D eigenvalue weighted by Crippen LogP contribution is -2.44. The van der Waals surface area contributed by atoms with Gasteiger partial charge in [-0.05, 0) is 56.2 Å². The van der Waals surface area contributed by atoms with Gasteiger partial charge < -0.3 is 10.1 Å². The molecule has 21 heavy (non-hydrogen) atoms. The molecule has 2 nitrogen and oxygen atoms in total. The quantitative estimate of drug-likeness (QED) is 0.844. The Morgan fingerprint density at radius 3 is 2.62 bits per heavy atom. The topological polar surface area (TPSA) is 21.3 Å². The molecule has 1 saturated heterocycles. The van der Waals surface area contributed by atoms with Crippen LogP contribution in [0.3, 0.4) is 0 Å². The van der Waals surface area contributed by atoms with Gasteiger partial charge in [-0.1, -0.05) is 45.0 Å². The van der Waals surface area contributed by atoms with Crippen LogP contribution in [0.2, 0.25) is 0 Å². The molecular formula is C19H31NO. The minimum Gasteiger partial charge on any atom is -0.370 e. The molecule has 2 rings (SSSR count). The maximum absolute atomic E-state index is 6.14. The molecule has 0 aliphatic carbocycles. The van der Waals surface area contributed by atoms with Crippen LogP contribution < -0.4 is 5.32 Å². The van der Waals surface area contributed by atoms with Crippen molar-refractivity contribution in [3.8, 4) is 0 Å². The molecule has 0 saturated carbocycles. The molecule has 0 amide bonds. The van der Waals surface area contributed by atoms with E-state index in [0.717, 1.165) is 32.4 Å². The number of benzene rings is 1. The summed E-state index contributed by atoms with van der Waals surface area (Å²) in [6.07, 6.45) is 4.54. The second kappa shape index (κ2) is 7.42. The number of hydrogen-bond donors (Lipinski definition) is 1. The summed E-state index contributed by atoms with van der Waals surface area (Å²) in [6.45, 7) is 11.0. The van der Waals surface area contributed by atoms with E-state index in [9.17, 15) is 0 Å². The second-order valence-corrected chi connectivity index (χ2v) is 7.02. The highest BCUT2D eigenvalue weighted by Crippen LogP contribution is 2.35. The van der Waals surface area contributed by atoms with Gasteiger partial charge in [0.15, 0.2) is 0 Å². The first-order valence-corrected chi connectivity index (χ1v) is 8.50. The highest BCUT2D eigenvalue weighted by Gasteiger charge is 2.34. The van der Waals surface area contributed by atoms with Crippen molar-refractivity contribution in [1.82, 2.24) is 5.32 Å². The van der Waals surface area contributed by atoms with Crippen LogP contribution in [-0.2, 0) is 16.8 Å². The summed E-state index contributed by atoms with van der Waals surface area (Å²) in [5, 5.41) is 3.65. The van der Waals surface area contributed by atoms with Gasteiger partial charge in [0.1, 0.15) is 0 Å². The van der Waals surface area contributed by atoms with Gasteiger partial charge in [-0.15, -0.1) is 0 Å². The molecule has 1 aliphatic heterocycles. The van der Waals surface area contributed by atoms with E-state index in [1.54, 1.807) is 0 Å². The fourth-order valence-corrected chi connectivity index (χ4v) is 3.25. The Morgan fingerprint density at radius 1 is 1.29 bits per heavy atom. The van der Waals surface area contributed by atoms with Crippen LogP contribution in [0.4, 0.5) is 0 Å². The molecule has 2 atom stereocenters. The standard InChI is InChI=1S/C19H31NO/c1-5-11-20-18-10-12-21-19(4,14-18)17-8-6-16(7-9-17)13-15(2)3/h6-9,15,18,20H,5,10-14H2,1-4H3. The summed E-state index contributed by atoms with van der Waals surface area (Å²) in [5.41, 5.74) is 2.60. The lowest BCUT2D eigenvalue weighted by molar-refractivity contribution is -0.0812. The van der Waals surface area contributed by atoms with Crippen LogP contribution in [0.1, 0.15) is 58.1 Å². The Hall–Kier alpha value is -0.860. The van der Waals surface area contributed by atoms with Gasteiger partial charge in [0, 0.05) is 12.6 Å². The largest absolute Gasteiger partial charge is 0.370 e. The summed E-state index contributed by atoms with van der Waals surface area (Å²) in [7, 11) is 0. The molecule has 2 heteroatoms. The number of rotatable bonds is 6. The van der Waals surface area contributed by atoms with Gasteiger partial charge in [-0.25, -0.2) is 0 Å². The summed E-state index contributed by atoms with van der Waals surface area (Å²) < 4.78 is 6.14. The van der Waals surface area contributed by atoms with Crippen LogP contribution in [0.25, 0.3) is 0 Å². The van der Waals surface area contributed by atoms with E-state index in [-0.39, 0.29) is 5.60 Å². The molecule has 0 aromatic heterocycles. The third kappa shape index (κ3) is 4.55. The fraction of sp³-hybridized carbons (Fsp3) is 0.684. The van der Waals surface area contributed by atoms with E-state index in [1.165, 1.54) is 17.5 Å². The van der Waals surface area contributed by atoms with Crippen molar-refractivity contribution in [1.29, 1.82) is 0 Å². The van der Waals surface area contributed by atoms with Crippen LogP contribution in [0.5, 0.6) is 0 Å². The zero-order valence-electron chi connectivity index (χ0n) is 14.1. The first-order chi connectivity index (χ1) is 10.0. The smallest absolute Gasteiger partial charge is 0.0918 e. The van der Waals surface area contributed by atoms with Crippen molar-refractivity contribution in [2.24, 2.45) is 5.92 Å². The predicted octanol–water partition coefficient (Wildman–Crippen LogP) is 4.28. The minimum absolute atomic E-state index is 0.139. The molecular weight excluding hydrogens is 258 g/mol. The molecule has 1 heterocycles. The Balaban J connectivity index is 2.04. The molecule has 0 bridgehead atoms. The first kappa shape index (κ1) is 16.5. The van der Waals surface area contributed by atoms with Crippen molar-refractivity contribution in [3.05, 3.63) is 35.4 Å². The van der Waals surface area contributed by atoms with Gasteiger partial charge in [-0.2, -0.15) is 0 Å². The summed E-state index contributed by atoms with van der Waals surface area (Å²) in [6, 6.07) is 9.65. The predicted molar refractivity (Wildman–Crippen MR) is 89.6 cm³/mol. The maximum atomic E-state index is 6.14. The fourth-order valence-electron chi connectivity index (χ4n) is 3.25. The Labute approximate surface area is 130 Å². The normalized spacial score (nSPS) is 26.2. The van der Waals surface area contributed by atoms with Crippen molar-refractivity contribution in [3.63, 3.8) is 0 Å². The average molecular weight is 289 g/mol. The van der Waals surface area contributed by atoms with E-state index in [2.05, 4.69) is 57.3 Å². The van der Waals surface area contributed by atoms with E-state index in [0.29, 0.717) is 12.0 Å². The maximum Gasteiger partial charge on any atom is 0.0918 e. The monoisotopic (exact) mass is 289 g/mol. The SMILES string of the molecule is CCCNC1CCOC(C)(c2ccc(CC(C)C)cc2)C1. The molecule has 0 radical (unpaired) electrons. The Kier molecular flexibility index (Phi) is 5.83. The zero-order chi connectivity index (χ0) is 15.3. The Morgan fingerprint density at radius 2 is 2.00 bits per heavy atom. The van der Waals surface area contributed by atoms with Gasteiger partial charge >= 0.3 is 0 Å². The highest BCUT2D eigenvalue weighted by atomic mass is 16.5. The molecule has 1 aromatic carbocycles. The first-order valence-electron chi connectivity index (χ1n) is 8.50. The lowest BCUT2D eigenvalue weighted by Gasteiger charge is -2.39. The Bertz CT molecular complexity index is 426. The van der Waals surface area contributed by atoms with Crippen LogP contribution in [0, 0.1) is 5.92 Å². The van der Waals surface area contributed by atoms with Crippen LogP contribution >= 0.6 is 0 Å². The lowest BCUT2D eigenvalue weighted by atomic mass is 9.85. The summed E-state index contributed by atoms with van der Waals surface area (Å²) in [4.78, 5) is 0. The number of hydrogen-bond acceptors (Lipinski definition) is 2. The van der Waals surface area contributed by atoms with E-state index < -0.39 is 0 Å². The van der Waals surface area contributed by atoms with Gasteiger partial charge in [0.05, 0.1) is 5.60 Å². The van der Waals surface area contributed by atoms with Crippen LogP contribution in [0.15, 0.2) is 24.3 Å². The van der Waals surface area contributed by atoms with Crippen molar-refractivity contribution < 1.29 is 4.74 Å². The zero-order valence-corrected chi connectivity index (χ0v) is 14.1. The van der Waals surface area contributed by atoms with Crippen molar-refractivity contribution in [2.45, 2.75) is 65.0 Å². The summed E-state index contributed by atoms with van der Waals surface area (Å²) in [5.74, 6) is 0.708. The van der Waals surface area contributed by atoms with Gasteiger partial charge in [-0.3, -0.25) is 0 Å². The number of ether oxygens (including phenoxy) is 1. The molecule has 1 fully saturated rings. The summed E-state index contributed by atoms with van der Waals surface area (Å²) >= 11 is 0. The van der Waals surface area contributed by atoms with E-state index in [4.69, 9.17) is 4.74 Å². The average Bonchev–Trinajstić information content (AvgIpc) is 2.45. The molecule has 0 spiro atoms. The second-order valence-electron chi connectivity index (χ2n) is 7.02. The van der Waals surface area contributed by atoms with Crippen molar-refractivity contribution >= 4 is 0 Å². The molecule has 1 aromatic rings.